The Balaban J connectivity index is 1.89. The Kier molecular flexibility index (Phi) is 3.51. The molecule has 3 unspecified atom stereocenters. The average molecular weight is 293 g/mol. The average Bonchev–Trinajstić information content (AvgIpc) is 2.85. The first-order chi connectivity index (χ1) is 10.0. The van der Waals surface area contributed by atoms with E-state index in [0.29, 0.717) is 12.5 Å². The number of likely N-dealkylation sites (tertiary alicyclic amines) is 1. The fourth-order valence-electron chi connectivity index (χ4n) is 3.48. The van der Waals surface area contributed by atoms with Gasteiger partial charge in [0.15, 0.2) is 18.2 Å². The molecular weight excluding hydrogens is 270 g/mol. The Morgan fingerprint density at radius 1 is 1.38 bits per heavy atom. The number of hydrogen-bond donors (Lipinski definition) is 1. The van der Waals surface area contributed by atoms with Crippen LogP contribution in [0.4, 0.5) is 4.79 Å². The molecule has 0 saturated carbocycles. The lowest BCUT2D eigenvalue weighted by Gasteiger charge is -2.39. The molecule has 3 aliphatic heterocycles. The highest BCUT2D eigenvalue weighted by molar-refractivity contribution is 6.03. The SMILES string of the molecule is CCN1C(N2CCCC(C)C2)=NC2C1C(=O)NC(=O)N2C. The Labute approximate surface area is 125 Å². The number of aliphatic imine (C=N–C) groups is 1. The number of urea groups is 1. The number of nitrogens with zero attached hydrogens (tertiary/aromatic N) is 4. The molecule has 1 N–H and O–H groups in total. The molecule has 3 amide bonds. The molecule has 21 heavy (non-hydrogen) atoms. The zero-order valence-electron chi connectivity index (χ0n) is 12.9. The van der Waals surface area contributed by atoms with Crippen molar-refractivity contribution in [1.29, 1.82) is 0 Å². The summed E-state index contributed by atoms with van der Waals surface area (Å²) in [5.74, 6) is 1.26. The molecule has 116 valence electrons. The minimum atomic E-state index is -0.404. The van der Waals surface area contributed by atoms with Crippen molar-refractivity contribution in [2.24, 2.45) is 10.9 Å². The van der Waals surface area contributed by atoms with Gasteiger partial charge in [-0.2, -0.15) is 0 Å². The lowest BCUT2D eigenvalue weighted by molar-refractivity contribution is -0.127. The Bertz CT molecular complexity index is 492. The smallest absolute Gasteiger partial charge is 0.325 e. The summed E-state index contributed by atoms with van der Waals surface area (Å²) in [5, 5.41) is 2.41. The van der Waals surface area contributed by atoms with Gasteiger partial charge in [0, 0.05) is 26.7 Å². The molecule has 3 rings (SSSR count). The summed E-state index contributed by atoms with van der Waals surface area (Å²) in [7, 11) is 1.69. The predicted molar refractivity (Wildman–Crippen MR) is 78.7 cm³/mol. The standard InChI is InChI=1S/C14H23N5O2/c1-4-19-10-11(17(3)14(21)16-12(10)20)15-13(19)18-7-5-6-9(2)8-18/h9-11H,4-8H2,1-3H3,(H,16,20,21). The first kappa shape index (κ1) is 14.2. The number of carbonyl (C=O) groups is 2. The van der Waals surface area contributed by atoms with E-state index in [1.807, 2.05) is 11.8 Å². The molecule has 0 bridgehead atoms. The van der Waals surface area contributed by atoms with Gasteiger partial charge in [0.05, 0.1) is 0 Å². The van der Waals surface area contributed by atoms with Crippen LogP contribution in [0.3, 0.4) is 0 Å². The summed E-state index contributed by atoms with van der Waals surface area (Å²) in [6.07, 6.45) is 1.98. The van der Waals surface area contributed by atoms with Gasteiger partial charge >= 0.3 is 6.03 Å². The number of imide groups is 1. The van der Waals surface area contributed by atoms with Crippen LogP contribution in [0.2, 0.25) is 0 Å². The van der Waals surface area contributed by atoms with Gasteiger partial charge in [-0.1, -0.05) is 6.92 Å². The van der Waals surface area contributed by atoms with E-state index in [4.69, 9.17) is 4.99 Å². The molecule has 0 aromatic carbocycles. The molecule has 0 aliphatic carbocycles. The van der Waals surface area contributed by atoms with Crippen LogP contribution in [-0.4, -0.2) is 71.5 Å². The third-order valence-electron chi connectivity index (χ3n) is 4.62. The molecule has 2 fully saturated rings. The van der Waals surface area contributed by atoms with Gasteiger partial charge in [-0.25, -0.2) is 9.79 Å². The number of guanidine groups is 1. The van der Waals surface area contributed by atoms with E-state index in [9.17, 15) is 9.59 Å². The second-order valence-corrected chi connectivity index (χ2v) is 6.17. The summed E-state index contributed by atoms with van der Waals surface area (Å²) in [6.45, 7) is 6.91. The van der Waals surface area contributed by atoms with Gasteiger partial charge in [0.25, 0.3) is 5.91 Å². The number of amides is 3. The maximum atomic E-state index is 12.2. The minimum Gasteiger partial charge on any atom is -0.342 e. The molecule has 7 heteroatoms. The van der Waals surface area contributed by atoms with Crippen LogP contribution in [0.25, 0.3) is 0 Å². The topological polar surface area (TPSA) is 68.2 Å². The second kappa shape index (κ2) is 5.20. The quantitative estimate of drug-likeness (QED) is 0.754. The minimum absolute atomic E-state index is 0.242. The Morgan fingerprint density at radius 3 is 2.81 bits per heavy atom. The fraction of sp³-hybridized carbons (Fsp3) is 0.786. The number of piperidine rings is 1. The van der Waals surface area contributed by atoms with Crippen LogP contribution in [0.5, 0.6) is 0 Å². The van der Waals surface area contributed by atoms with Crippen LogP contribution in [0.1, 0.15) is 26.7 Å². The van der Waals surface area contributed by atoms with E-state index in [2.05, 4.69) is 17.1 Å². The number of rotatable bonds is 1. The first-order valence-electron chi connectivity index (χ1n) is 7.70. The largest absolute Gasteiger partial charge is 0.342 e. The van der Waals surface area contributed by atoms with Crippen LogP contribution >= 0.6 is 0 Å². The van der Waals surface area contributed by atoms with Crippen molar-refractivity contribution < 1.29 is 9.59 Å². The first-order valence-corrected chi connectivity index (χ1v) is 7.70. The third kappa shape index (κ3) is 2.24. The van der Waals surface area contributed by atoms with E-state index in [-0.39, 0.29) is 11.9 Å². The van der Waals surface area contributed by atoms with Crippen LogP contribution in [0.15, 0.2) is 4.99 Å². The maximum Gasteiger partial charge on any atom is 0.325 e. The number of likely N-dealkylation sites (N-methyl/N-ethyl adjacent to an activating group) is 2. The predicted octanol–water partition coefficient (Wildman–Crippen LogP) is 0.286. The lowest BCUT2D eigenvalue weighted by atomic mass is 10.0. The zero-order valence-corrected chi connectivity index (χ0v) is 12.9. The van der Waals surface area contributed by atoms with Crippen molar-refractivity contribution in [1.82, 2.24) is 20.0 Å². The second-order valence-electron chi connectivity index (χ2n) is 6.17. The lowest BCUT2D eigenvalue weighted by Crippen LogP contribution is -2.64. The summed E-state index contributed by atoms with van der Waals surface area (Å²) in [6, 6.07) is -0.765. The van der Waals surface area contributed by atoms with Gasteiger partial charge < -0.3 is 14.7 Å². The van der Waals surface area contributed by atoms with E-state index in [1.54, 1.807) is 7.05 Å². The summed E-state index contributed by atoms with van der Waals surface area (Å²) < 4.78 is 0. The molecule has 0 spiro atoms. The number of hydrogen-bond acceptors (Lipinski definition) is 5. The highest BCUT2D eigenvalue weighted by Crippen LogP contribution is 2.27. The van der Waals surface area contributed by atoms with Gasteiger partial charge in [0.1, 0.15) is 0 Å². The molecule has 3 heterocycles. The highest BCUT2D eigenvalue weighted by Gasteiger charge is 2.49. The van der Waals surface area contributed by atoms with Gasteiger partial charge in [-0.3, -0.25) is 10.1 Å². The van der Waals surface area contributed by atoms with E-state index in [1.165, 1.54) is 11.3 Å². The molecule has 7 nitrogen and oxygen atoms in total. The van der Waals surface area contributed by atoms with Gasteiger partial charge in [-0.05, 0) is 25.7 Å². The number of fused-ring (bicyclic) bond motifs is 1. The molecule has 0 radical (unpaired) electrons. The van der Waals surface area contributed by atoms with Crippen molar-refractivity contribution in [3.8, 4) is 0 Å². The highest BCUT2D eigenvalue weighted by atomic mass is 16.2. The van der Waals surface area contributed by atoms with Crippen LogP contribution in [-0.2, 0) is 4.79 Å². The van der Waals surface area contributed by atoms with Crippen LogP contribution in [0, 0.1) is 5.92 Å². The van der Waals surface area contributed by atoms with Crippen LogP contribution < -0.4 is 5.32 Å². The monoisotopic (exact) mass is 293 g/mol. The molecule has 2 saturated heterocycles. The van der Waals surface area contributed by atoms with E-state index >= 15 is 0 Å². The van der Waals surface area contributed by atoms with Crippen molar-refractivity contribution in [3.63, 3.8) is 0 Å². The molecule has 3 aliphatic rings. The van der Waals surface area contributed by atoms with Crippen molar-refractivity contribution in [2.75, 3.05) is 26.7 Å². The van der Waals surface area contributed by atoms with Crippen molar-refractivity contribution >= 4 is 17.9 Å². The van der Waals surface area contributed by atoms with Gasteiger partial charge in [0.2, 0.25) is 0 Å². The summed E-state index contributed by atoms with van der Waals surface area (Å²) in [4.78, 5) is 34.5. The Hall–Kier alpha value is -1.79. The third-order valence-corrected chi connectivity index (χ3v) is 4.62. The van der Waals surface area contributed by atoms with Gasteiger partial charge in [-0.15, -0.1) is 0 Å². The summed E-state index contributed by atoms with van der Waals surface area (Å²) in [5.41, 5.74) is 0. The number of carbonyl (C=O) groups excluding carboxylic acids is 2. The molecular formula is C14H23N5O2. The normalized spacial score (nSPS) is 33.0. The Morgan fingerprint density at radius 2 is 2.14 bits per heavy atom. The van der Waals surface area contributed by atoms with E-state index in [0.717, 1.165) is 25.5 Å². The van der Waals surface area contributed by atoms with Crippen molar-refractivity contribution in [2.45, 2.75) is 38.9 Å². The molecule has 0 aromatic heterocycles. The van der Waals surface area contributed by atoms with E-state index < -0.39 is 12.2 Å². The maximum absolute atomic E-state index is 12.2. The molecule has 3 atom stereocenters. The fourth-order valence-corrected chi connectivity index (χ4v) is 3.48. The molecule has 0 aromatic rings. The summed E-state index contributed by atoms with van der Waals surface area (Å²) >= 11 is 0. The number of nitrogens with one attached hydrogen (secondary N) is 1. The zero-order chi connectivity index (χ0) is 15.1. The van der Waals surface area contributed by atoms with Crippen molar-refractivity contribution in [3.05, 3.63) is 0 Å².